The van der Waals surface area contributed by atoms with Crippen molar-refractivity contribution in [2.24, 2.45) is 0 Å². The molecule has 1 aliphatic heterocycles. The van der Waals surface area contributed by atoms with Gasteiger partial charge < -0.3 is 25.0 Å². The molecule has 26 heavy (non-hydrogen) atoms. The molecular formula is C14H13BClFN2O7. The van der Waals surface area contributed by atoms with Crippen LogP contribution in [0.2, 0.25) is 5.02 Å². The van der Waals surface area contributed by atoms with Crippen LogP contribution in [0, 0.1) is 5.82 Å². The Labute approximate surface area is 151 Å². The molecule has 12 heteroatoms. The number of carbonyl (C=O) groups excluding carboxylic acids is 3. The van der Waals surface area contributed by atoms with E-state index in [0.717, 1.165) is 12.1 Å². The minimum Gasteiger partial charge on any atom is -0.506 e. The molecule has 1 atom stereocenters. The molecule has 1 aliphatic rings. The first-order chi connectivity index (χ1) is 12.3. The number of carboxylic acids is 1. The van der Waals surface area contributed by atoms with E-state index in [4.69, 9.17) is 26.0 Å². The third kappa shape index (κ3) is 5.43. The summed E-state index contributed by atoms with van der Waals surface area (Å²) in [5.74, 6) is -4.33. The van der Waals surface area contributed by atoms with E-state index < -0.39 is 55.8 Å². The number of aliphatic carboxylic acids is 1. The molecule has 0 aliphatic carbocycles. The Morgan fingerprint density at radius 1 is 1.31 bits per heavy atom. The predicted octanol–water partition coefficient (Wildman–Crippen LogP) is -0.231. The average Bonchev–Trinajstić information content (AvgIpc) is 2.92. The number of carboxylic acid groups (broad SMARTS) is 1. The molecule has 0 radical (unpaired) electrons. The monoisotopic (exact) mass is 386 g/mol. The summed E-state index contributed by atoms with van der Waals surface area (Å²) in [6.07, 6.45) is -2.02. The standard InChI is InChI=1S/C14H13BClFN2O7/c16-7-1-2-9(17)8(3-7)13(23)18-5-11(20)19-6-15-25-10(4-12(21)22)14(24)26-15/h1-3,10H,4-6H2,(H,18,23)(H,19,20)(H,21,22). The second-order valence-electron chi connectivity index (χ2n) is 5.20. The molecule has 1 unspecified atom stereocenters. The maximum absolute atomic E-state index is 13.5. The van der Waals surface area contributed by atoms with Crippen LogP contribution in [0.25, 0.3) is 0 Å². The van der Waals surface area contributed by atoms with Gasteiger partial charge in [0.25, 0.3) is 5.91 Å². The lowest BCUT2D eigenvalue weighted by Crippen LogP contribution is -2.42. The van der Waals surface area contributed by atoms with Gasteiger partial charge in [0.1, 0.15) is 5.82 Å². The van der Waals surface area contributed by atoms with Crippen molar-refractivity contribution in [1.29, 1.82) is 0 Å². The molecule has 9 nitrogen and oxygen atoms in total. The zero-order valence-corrected chi connectivity index (χ0v) is 13.9. The number of hydrogen-bond acceptors (Lipinski definition) is 6. The SMILES string of the molecule is O=C(O)CC1OB(CNC(=O)CNC(=O)c2cc(Cl)ccc2F)OC1=O. The summed E-state index contributed by atoms with van der Waals surface area (Å²) in [5, 5.41) is 13.3. The van der Waals surface area contributed by atoms with E-state index in [1.165, 1.54) is 6.07 Å². The topological polar surface area (TPSA) is 131 Å². The molecule has 1 aromatic carbocycles. The number of carbonyl (C=O) groups is 4. The van der Waals surface area contributed by atoms with E-state index in [-0.39, 0.29) is 17.0 Å². The van der Waals surface area contributed by atoms with E-state index in [1.54, 1.807) is 0 Å². The van der Waals surface area contributed by atoms with Crippen molar-refractivity contribution in [1.82, 2.24) is 10.6 Å². The third-order valence-electron chi connectivity index (χ3n) is 3.23. The van der Waals surface area contributed by atoms with Crippen LogP contribution in [0.5, 0.6) is 0 Å². The minimum absolute atomic E-state index is 0.164. The van der Waals surface area contributed by atoms with Crippen LogP contribution in [-0.2, 0) is 23.7 Å². The van der Waals surface area contributed by atoms with Crippen LogP contribution < -0.4 is 10.6 Å². The smallest absolute Gasteiger partial charge is 0.506 e. The van der Waals surface area contributed by atoms with Gasteiger partial charge in [0.15, 0.2) is 6.10 Å². The zero-order chi connectivity index (χ0) is 19.3. The maximum Gasteiger partial charge on any atom is 0.548 e. The fourth-order valence-corrected chi connectivity index (χ4v) is 2.21. The fraction of sp³-hybridized carbons (Fsp3) is 0.286. The van der Waals surface area contributed by atoms with Gasteiger partial charge in [-0.15, -0.1) is 0 Å². The van der Waals surface area contributed by atoms with Crippen LogP contribution in [0.4, 0.5) is 4.39 Å². The van der Waals surface area contributed by atoms with Gasteiger partial charge in [-0.3, -0.25) is 19.2 Å². The van der Waals surface area contributed by atoms with Crippen molar-refractivity contribution in [2.45, 2.75) is 12.5 Å². The van der Waals surface area contributed by atoms with Gasteiger partial charge in [-0.1, -0.05) is 11.6 Å². The van der Waals surface area contributed by atoms with E-state index >= 15 is 0 Å². The van der Waals surface area contributed by atoms with Gasteiger partial charge in [0.05, 0.1) is 25.0 Å². The lowest BCUT2D eigenvalue weighted by molar-refractivity contribution is -0.145. The van der Waals surface area contributed by atoms with E-state index in [0.29, 0.717) is 0 Å². The average molecular weight is 387 g/mol. The van der Waals surface area contributed by atoms with Crippen LogP contribution >= 0.6 is 11.6 Å². The Morgan fingerprint density at radius 2 is 2.04 bits per heavy atom. The molecule has 2 amide bonds. The van der Waals surface area contributed by atoms with Crippen molar-refractivity contribution < 1.29 is 38.0 Å². The van der Waals surface area contributed by atoms with Crippen molar-refractivity contribution >= 4 is 42.5 Å². The molecule has 138 valence electrons. The predicted molar refractivity (Wildman–Crippen MR) is 85.7 cm³/mol. The summed E-state index contributed by atoms with van der Waals surface area (Å²) in [6.45, 7) is -0.468. The first-order valence-corrected chi connectivity index (χ1v) is 7.71. The van der Waals surface area contributed by atoms with Crippen molar-refractivity contribution in [3.8, 4) is 0 Å². The van der Waals surface area contributed by atoms with Crippen LogP contribution in [0.1, 0.15) is 16.8 Å². The molecule has 0 saturated carbocycles. The number of hydrogen-bond donors (Lipinski definition) is 3. The lowest BCUT2D eigenvalue weighted by atomic mass is 9.91. The number of halogens is 2. The van der Waals surface area contributed by atoms with E-state index in [9.17, 15) is 23.6 Å². The number of benzene rings is 1. The molecule has 1 saturated heterocycles. The number of amides is 2. The zero-order valence-electron chi connectivity index (χ0n) is 13.2. The normalized spacial score (nSPS) is 16.2. The number of rotatable bonds is 7. The van der Waals surface area contributed by atoms with Gasteiger partial charge in [-0.2, -0.15) is 0 Å². The molecule has 0 spiro atoms. The highest BCUT2D eigenvalue weighted by Crippen LogP contribution is 2.15. The third-order valence-corrected chi connectivity index (χ3v) is 3.47. The molecule has 2 rings (SSSR count). The van der Waals surface area contributed by atoms with Gasteiger partial charge in [-0.25, -0.2) is 4.39 Å². The summed E-state index contributed by atoms with van der Waals surface area (Å²) < 4.78 is 23.3. The number of nitrogens with one attached hydrogen (secondary N) is 2. The van der Waals surface area contributed by atoms with Crippen molar-refractivity contribution in [3.05, 3.63) is 34.6 Å². The Kier molecular flexibility index (Phi) is 6.53. The molecular weight excluding hydrogens is 373 g/mol. The van der Waals surface area contributed by atoms with Gasteiger partial charge >= 0.3 is 19.1 Å². The quantitative estimate of drug-likeness (QED) is 0.552. The Bertz CT molecular complexity index is 748. The summed E-state index contributed by atoms with van der Waals surface area (Å²) in [7, 11) is -1.13. The Balaban J connectivity index is 1.76. The lowest BCUT2D eigenvalue weighted by Gasteiger charge is -2.08. The molecule has 3 N–H and O–H groups in total. The summed E-state index contributed by atoms with van der Waals surface area (Å²) in [5.41, 5.74) is -0.310. The molecule has 0 aromatic heterocycles. The highest BCUT2D eigenvalue weighted by atomic mass is 35.5. The second-order valence-corrected chi connectivity index (χ2v) is 5.64. The summed E-state index contributed by atoms with van der Waals surface area (Å²) in [6, 6.07) is 3.43. The van der Waals surface area contributed by atoms with Crippen molar-refractivity contribution in [2.75, 3.05) is 13.0 Å². The molecule has 1 heterocycles. The maximum atomic E-state index is 13.5. The van der Waals surface area contributed by atoms with Crippen LogP contribution in [-0.4, -0.2) is 55.1 Å². The largest absolute Gasteiger partial charge is 0.548 e. The molecule has 0 bridgehead atoms. The Morgan fingerprint density at radius 3 is 2.73 bits per heavy atom. The van der Waals surface area contributed by atoms with Gasteiger partial charge in [0.2, 0.25) is 5.91 Å². The summed E-state index contributed by atoms with van der Waals surface area (Å²) in [4.78, 5) is 45.4. The molecule has 1 aromatic rings. The second kappa shape index (κ2) is 8.63. The van der Waals surface area contributed by atoms with E-state index in [2.05, 4.69) is 10.6 Å². The molecule has 1 fully saturated rings. The van der Waals surface area contributed by atoms with E-state index in [1.807, 2.05) is 0 Å². The minimum atomic E-state index is -1.24. The highest BCUT2D eigenvalue weighted by Gasteiger charge is 2.41. The van der Waals surface area contributed by atoms with Crippen molar-refractivity contribution in [3.63, 3.8) is 0 Å². The van der Waals surface area contributed by atoms with Gasteiger partial charge in [0, 0.05) is 5.02 Å². The van der Waals surface area contributed by atoms with Crippen LogP contribution in [0.3, 0.4) is 0 Å². The Hall–Kier alpha value is -2.66. The fourth-order valence-electron chi connectivity index (χ4n) is 2.04. The van der Waals surface area contributed by atoms with Crippen LogP contribution in [0.15, 0.2) is 18.2 Å². The highest BCUT2D eigenvalue weighted by molar-refractivity contribution is 6.49. The summed E-state index contributed by atoms with van der Waals surface area (Å²) >= 11 is 5.68. The van der Waals surface area contributed by atoms with Gasteiger partial charge in [-0.05, 0) is 18.2 Å². The first-order valence-electron chi connectivity index (χ1n) is 7.34. The first kappa shape index (κ1) is 19.7.